The summed E-state index contributed by atoms with van der Waals surface area (Å²) in [6.07, 6.45) is 0.942. The largest absolute Gasteiger partial charge is 0.496 e. The maximum absolute atomic E-state index is 5.95. The molecule has 0 amide bonds. The summed E-state index contributed by atoms with van der Waals surface area (Å²) in [5, 5.41) is 3.43. The van der Waals surface area contributed by atoms with Gasteiger partial charge in [0, 0.05) is 17.8 Å². The van der Waals surface area contributed by atoms with Crippen LogP contribution in [0.15, 0.2) is 12.1 Å². The molecule has 3 heteroatoms. The van der Waals surface area contributed by atoms with E-state index in [1.807, 2.05) is 13.8 Å². The third-order valence-electron chi connectivity index (χ3n) is 2.83. The minimum atomic E-state index is -0.123. The minimum absolute atomic E-state index is 0.123. The zero-order valence-electron chi connectivity index (χ0n) is 11.6. The first kappa shape index (κ1) is 13.8. The molecular formula is C14H24N2O. The second-order valence-corrected chi connectivity index (χ2v) is 5.30. The summed E-state index contributed by atoms with van der Waals surface area (Å²) in [4.78, 5) is 0. The fraction of sp³-hybridized carbons (Fsp3) is 0.571. The quantitative estimate of drug-likeness (QED) is 0.826. The molecule has 1 rings (SSSR count). The van der Waals surface area contributed by atoms with E-state index in [2.05, 4.69) is 31.3 Å². The van der Waals surface area contributed by atoms with Gasteiger partial charge in [-0.25, -0.2) is 0 Å². The SMILES string of the molecule is COc1cc(C)c(NCCC(C)(C)N)cc1C. The molecule has 17 heavy (non-hydrogen) atoms. The molecule has 0 heterocycles. The van der Waals surface area contributed by atoms with Crippen LogP contribution in [0.5, 0.6) is 5.75 Å². The molecule has 1 aromatic rings. The van der Waals surface area contributed by atoms with E-state index in [1.54, 1.807) is 7.11 Å². The average Bonchev–Trinajstić information content (AvgIpc) is 2.20. The van der Waals surface area contributed by atoms with E-state index in [0.29, 0.717) is 0 Å². The van der Waals surface area contributed by atoms with Crippen LogP contribution in [0.3, 0.4) is 0 Å². The van der Waals surface area contributed by atoms with E-state index in [-0.39, 0.29) is 5.54 Å². The Morgan fingerprint density at radius 1 is 1.24 bits per heavy atom. The number of hydrogen-bond donors (Lipinski definition) is 2. The number of methoxy groups -OCH3 is 1. The van der Waals surface area contributed by atoms with Crippen LogP contribution in [-0.4, -0.2) is 19.2 Å². The number of nitrogens with one attached hydrogen (secondary N) is 1. The fourth-order valence-corrected chi connectivity index (χ4v) is 1.72. The summed E-state index contributed by atoms with van der Waals surface area (Å²) in [7, 11) is 1.70. The lowest BCUT2D eigenvalue weighted by Gasteiger charge is -2.20. The van der Waals surface area contributed by atoms with Crippen molar-refractivity contribution < 1.29 is 4.74 Å². The molecule has 96 valence electrons. The molecule has 1 aromatic carbocycles. The molecule has 3 N–H and O–H groups in total. The molecule has 0 unspecified atom stereocenters. The first-order valence-electron chi connectivity index (χ1n) is 6.01. The third-order valence-corrected chi connectivity index (χ3v) is 2.83. The summed E-state index contributed by atoms with van der Waals surface area (Å²) in [6, 6.07) is 4.18. The highest BCUT2D eigenvalue weighted by atomic mass is 16.5. The maximum atomic E-state index is 5.95. The number of nitrogens with two attached hydrogens (primary N) is 1. The number of hydrogen-bond acceptors (Lipinski definition) is 3. The smallest absolute Gasteiger partial charge is 0.122 e. The molecule has 0 radical (unpaired) electrons. The van der Waals surface area contributed by atoms with E-state index in [0.717, 1.165) is 30.0 Å². The highest BCUT2D eigenvalue weighted by Crippen LogP contribution is 2.25. The number of benzene rings is 1. The number of rotatable bonds is 5. The number of ether oxygens (including phenoxy) is 1. The zero-order valence-corrected chi connectivity index (χ0v) is 11.6. The van der Waals surface area contributed by atoms with Crippen molar-refractivity contribution in [3.63, 3.8) is 0 Å². The summed E-state index contributed by atoms with van der Waals surface area (Å²) in [6.45, 7) is 9.10. The lowest BCUT2D eigenvalue weighted by molar-refractivity contribution is 0.411. The van der Waals surface area contributed by atoms with Crippen molar-refractivity contribution in [1.82, 2.24) is 0 Å². The van der Waals surface area contributed by atoms with E-state index >= 15 is 0 Å². The van der Waals surface area contributed by atoms with Crippen LogP contribution in [0.1, 0.15) is 31.4 Å². The van der Waals surface area contributed by atoms with E-state index in [4.69, 9.17) is 10.5 Å². The summed E-state index contributed by atoms with van der Waals surface area (Å²) in [5.74, 6) is 0.937. The first-order chi connectivity index (χ1) is 7.83. The Morgan fingerprint density at radius 2 is 1.88 bits per heavy atom. The van der Waals surface area contributed by atoms with Gasteiger partial charge in [-0.05, 0) is 57.4 Å². The van der Waals surface area contributed by atoms with Gasteiger partial charge in [-0.1, -0.05) is 0 Å². The van der Waals surface area contributed by atoms with E-state index in [1.165, 1.54) is 5.56 Å². The van der Waals surface area contributed by atoms with Gasteiger partial charge in [-0.3, -0.25) is 0 Å². The van der Waals surface area contributed by atoms with Gasteiger partial charge in [-0.2, -0.15) is 0 Å². The summed E-state index contributed by atoms with van der Waals surface area (Å²) >= 11 is 0. The van der Waals surface area contributed by atoms with Crippen LogP contribution in [0.25, 0.3) is 0 Å². The van der Waals surface area contributed by atoms with Crippen molar-refractivity contribution in [2.75, 3.05) is 19.0 Å². The van der Waals surface area contributed by atoms with Crippen LogP contribution in [-0.2, 0) is 0 Å². The lowest BCUT2D eigenvalue weighted by atomic mass is 10.0. The highest BCUT2D eigenvalue weighted by Gasteiger charge is 2.10. The predicted molar refractivity (Wildman–Crippen MR) is 73.8 cm³/mol. The minimum Gasteiger partial charge on any atom is -0.496 e. The summed E-state index contributed by atoms with van der Waals surface area (Å²) in [5.41, 5.74) is 9.33. The zero-order chi connectivity index (χ0) is 13.1. The van der Waals surface area contributed by atoms with Gasteiger partial charge in [0.25, 0.3) is 0 Å². The van der Waals surface area contributed by atoms with Gasteiger partial charge in [0.2, 0.25) is 0 Å². The van der Waals surface area contributed by atoms with Crippen LogP contribution in [0.2, 0.25) is 0 Å². The van der Waals surface area contributed by atoms with Crippen LogP contribution in [0.4, 0.5) is 5.69 Å². The summed E-state index contributed by atoms with van der Waals surface area (Å²) < 4.78 is 5.29. The van der Waals surface area contributed by atoms with E-state index < -0.39 is 0 Å². The van der Waals surface area contributed by atoms with Gasteiger partial charge >= 0.3 is 0 Å². The molecule has 0 bridgehead atoms. The molecular weight excluding hydrogens is 212 g/mol. The van der Waals surface area contributed by atoms with Crippen LogP contribution < -0.4 is 15.8 Å². The molecule has 0 saturated carbocycles. The predicted octanol–water partition coefficient (Wildman–Crippen LogP) is 2.85. The third kappa shape index (κ3) is 4.27. The molecule has 0 saturated heterocycles. The monoisotopic (exact) mass is 236 g/mol. The second-order valence-electron chi connectivity index (χ2n) is 5.30. The molecule has 0 spiro atoms. The van der Waals surface area contributed by atoms with Gasteiger partial charge in [0.05, 0.1) is 7.11 Å². The van der Waals surface area contributed by atoms with Crippen molar-refractivity contribution in [3.05, 3.63) is 23.3 Å². The van der Waals surface area contributed by atoms with Crippen molar-refractivity contribution in [2.24, 2.45) is 5.73 Å². The average molecular weight is 236 g/mol. The molecule has 0 aliphatic carbocycles. The standard InChI is InChI=1S/C14H24N2O/c1-10-9-13(17-5)11(2)8-12(10)16-7-6-14(3,4)15/h8-9,16H,6-7,15H2,1-5H3. The Hall–Kier alpha value is -1.22. The molecule has 0 aromatic heterocycles. The Balaban J connectivity index is 2.69. The van der Waals surface area contributed by atoms with Gasteiger partial charge in [-0.15, -0.1) is 0 Å². The normalized spacial score (nSPS) is 11.4. The van der Waals surface area contributed by atoms with Crippen LogP contribution in [0, 0.1) is 13.8 Å². The van der Waals surface area contributed by atoms with Crippen molar-refractivity contribution in [1.29, 1.82) is 0 Å². The maximum Gasteiger partial charge on any atom is 0.122 e. The Bertz CT molecular complexity index is 381. The fourth-order valence-electron chi connectivity index (χ4n) is 1.72. The lowest BCUT2D eigenvalue weighted by Crippen LogP contribution is -2.34. The molecule has 0 atom stereocenters. The van der Waals surface area contributed by atoms with Gasteiger partial charge in [0.1, 0.15) is 5.75 Å². The highest BCUT2D eigenvalue weighted by molar-refractivity contribution is 5.56. The molecule has 3 nitrogen and oxygen atoms in total. The van der Waals surface area contributed by atoms with Gasteiger partial charge < -0.3 is 15.8 Å². The molecule has 0 aliphatic rings. The van der Waals surface area contributed by atoms with Gasteiger partial charge in [0.15, 0.2) is 0 Å². The van der Waals surface area contributed by atoms with Crippen molar-refractivity contribution in [2.45, 2.75) is 39.7 Å². The van der Waals surface area contributed by atoms with Crippen LogP contribution >= 0.6 is 0 Å². The number of aryl methyl sites for hydroxylation is 2. The second kappa shape index (κ2) is 5.41. The van der Waals surface area contributed by atoms with Crippen molar-refractivity contribution in [3.8, 4) is 5.75 Å². The number of anilines is 1. The van der Waals surface area contributed by atoms with E-state index in [9.17, 15) is 0 Å². The first-order valence-corrected chi connectivity index (χ1v) is 6.01. The Morgan fingerprint density at radius 3 is 2.41 bits per heavy atom. The topological polar surface area (TPSA) is 47.3 Å². The molecule has 0 fully saturated rings. The molecule has 0 aliphatic heterocycles. The van der Waals surface area contributed by atoms with Crippen molar-refractivity contribution >= 4 is 5.69 Å². The Kier molecular flexibility index (Phi) is 4.40. The Labute approximate surface area is 104 Å².